The van der Waals surface area contributed by atoms with E-state index in [-0.39, 0.29) is 11.8 Å². The molecule has 1 aliphatic rings. The van der Waals surface area contributed by atoms with Crippen LogP contribution in [0.5, 0.6) is 0 Å². The van der Waals surface area contributed by atoms with Gasteiger partial charge in [-0.2, -0.15) is 0 Å². The van der Waals surface area contributed by atoms with Gasteiger partial charge in [-0.25, -0.2) is 9.97 Å². The first-order valence-corrected chi connectivity index (χ1v) is 5.93. The van der Waals surface area contributed by atoms with Gasteiger partial charge < -0.3 is 10.6 Å². The van der Waals surface area contributed by atoms with Crippen LogP contribution in [-0.2, 0) is 4.79 Å². The molecule has 2 heterocycles. The van der Waals surface area contributed by atoms with Gasteiger partial charge in [0, 0.05) is 32.0 Å². The molecule has 2 N–H and O–H groups in total. The standard InChI is InChI=1S/C12H18N4O/c1-8-14-11(6-12(13)15-8)10-4-3-5-16(7-10)9(2)17/h6,10H,3-5,7H2,1-2H3,(H2,13,14,15). The number of carbonyl (C=O) groups excluding carboxylic acids is 1. The van der Waals surface area contributed by atoms with E-state index in [0.717, 1.165) is 31.6 Å². The number of rotatable bonds is 1. The van der Waals surface area contributed by atoms with E-state index in [9.17, 15) is 4.79 Å². The monoisotopic (exact) mass is 234 g/mol. The normalized spacial score (nSPS) is 20.4. The van der Waals surface area contributed by atoms with Crippen LogP contribution in [0.1, 0.15) is 37.2 Å². The van der Waals surface area contributed by atoms with Gasteiger partial charge in [-0.15, -0.1) is 0 Å². The zero-order chi connectivity index (χ0) is 12.4. The van der Waals surface area contributed by atoms with Gasteiger partial charge in [0.15, 0.2) is 0 Å². The summed E-state index contributed by atoms with van der Waals surface area (Å²) >= 11 is 0. The SMILES string of the molecule is CC(=O)N1CCCC(c2cc(N)nc(C)n2)C1. The summed E-state index contributed by atoms with van der Waals surface area (Å²) in [6, 6.07) is 1.82. The number of nitrogen functional groups attached to an aromatic ring is 1. The predicted molar refractivity (Wildman–Crippen MR) is 65.4 cm³/mol. The summed E-state index contributed by atoms with van der Waals surface area (Å²) in [6.45, 7) is 5.05. The summed E-state index contributed by atoms with van der Waals surface area (Å²) in [5.74, 6) is 1.62. The molecule has 92 valence electrons. The van der Waals surface area contributed by atoms with Crippen LogP contribution in [0.4, 0.5) is 5.82 Å². The van der Waals surface area contributed by atoms with Crippen molar-refractivity contribution in [3.63, 3.8) is 0 Å². The average molecular weight is 234 g/mol. The van der Waals surface area contributed by atoms with Gasteiger partial charge in [0.05, 0.1) is 5.69 Å². The zero-order valence-electron chi connectivity index (χ0n) is 10.3. The first-order chi connectivity index (χ1) is 8.06. The smallest absolute Gasteiger partial charge is 0.219 e. The van der Waals surface area contributed by atoms with Gasteiger partial charge in [0.2, 0.25) is 5.91 Å². The molecule has 0 saturated carbocycles. The molecule has 2 rings (SSSR count). The topological polar surface area (TPSA) is 72.1 Å². The van der Waals surface area contributed by atoms with Gasteiger partial charge in [-0.3, -0.25) is 4.79 Å². The first kappa shape index (κ1) is 11.8. The molecule has 1 aromatic heterocycles. The Hall–Kier alpha value is -1.65. The Bertz CT molecular complexity index is 412. The van der Waals surface area contributed by atoms with Gasteiger partial charge in [0.1, 0.15) is 11.6 Å². The summed E-state index contributed by atoms with van der Waals surface area (Å²) in [4.78, 5) is 21.7. The lowest BCUT2D eigenvalue weighted by Gasteiger charge is -2.31. The number of piperidine rings is 1. The van der Waals surface area contributed by atoms with Gasteiger partial charge >= 0.3 is 0 Å². The molecule has 1 unspecified atom stereocenters. The third kappa shape index (κ3) is 2.72. The van der Waals surface area contributed by atoms with Crippen molar-refractivity contribution in [2.75, 3.05) is 18.8 Å². The van der Waals surface area contributed by atoms with Crippen molar-refractivity contribution in [2.45, 2.75) is 32.6 Å². The number of nitrogens with zero attached hydrogens (tertiary/aromatic N) is 3. The molecule has 1 atom stereocenters. The van der Waals surface area contributed by atoms with Crippen LogP contribution in [0.2, 0.25) is 0 Å². The molecule has 1 amide bonds. The number of nitrogens with two attached hydrogens (primary N) is 1. The van der Waals surface area contributed by atoms with Crippen LogP contribution < -0.4 is 5.73 Å². The molecular formula is C12H18N4O. The van der Waals surface area contributed by atoms with Crippen LogP contribution >= 0.6 is 0 Å². The van der Waals surface area contributed by atoms with Crippen molar-refractivity contribution in [3.05, 3.63) is 17.6 Å². The van der Waals surface area contributed by atoms with Crippen molar-refractivity contribution in [2.24, 2.45) is 0 Å². The number of amides is 1. The molecule has 0 aromatic carbocycles. The highest BCUT2D eigenvalue weighted by atomic mass is 16.2. The maximum Gasteiger partial charge on any atom is 0.219 e. The van der Waals surface area contributed by atoms with Crippen LogP contribution in [0.15, 0.2) is 6.07 Å². The highest BCUT2D eigenvalue weighted by Gasteiger charge is 2.24. The summed E-state index contributed by atoms with van der Waals surface area (Å²) < 4.78 is 0. The number of aromatic nitrogens is 2. The van der Waals surface area contributed by atoms with Crippen molar-refractivity contribution < 1.29 is 4.79 Å². The van der Waals surface area contributed by atoms with E-state index < -0.39 is 0 Å². The second kappa shape index (κ2) is 4.69. The highest BCUT2D eigenvalue weighted by Crippen LogP contribution is 2.26. The molecule has 1 aromatic rings. The number of anilines is 1. The Labute approximate surface area is 101 Å². The molecule has 1 fully saturated rings. The van der Waals surface area contributed by atoms with E-state index in [4.69, 9.17) is 5.73 Å². The van der Waals surface area contributed by atoms with E-state index in [1.165, 1.54) is 0 Å². The number of likely N-dealkylation sites (tertiary alicyclic amines) is 1. The van der Waals surface area contributed by atoms with E-state index in [0.29, 0.717) is 11.6 Å². The number of aryl methyl sites for hydroxylation is 1. The fourth-order valence-corrected chi connectivity index (χ4v) is 2.33. The number of carbonyl (C=O) groups is 1. The van der Waals surface area contributed by atoms with E-state index in [1.807, 2.05) is 17.9 Å². The molecule has 5 heteroatoms. The lowest BCUT2D eigenvalue weighted by atomic mass is 9.94. The van der Waals surface area contributed by atoms with Crippen molar-refractivity contribution in [3.8, 4) is 0 Å². The lowest BCUT2D eigenvalue weighted by Crippen LogP contribution is -2.37. The average Bonchev–Trinajstić information content (AvgIpc) is 2.28. The number of hydrogen-bond donors (Lipinski definition) is 1. The van der Waals surface area contributed by atoms with E-state index in [1.54, 1.807) is 6.92 Å². The number of hydrogen-bond acceptors (Lipinski definition) is 4. The third-order valence-electron chi connectivity index (χ3n) is 3.16. The van der Waals surface area contributed by atoms with Crippen molar-refractivity contribution in [1.29, 1.82) is 0 Å². The largest absolute Gasteiger partial charge is 0.384 e. The summed E-state index contributed by atoms with van der Waals surface area (Å²) in [5.41, 5.74) is 6.69. The molecule has 0 aliphatic carbocycles. The minimum absolute atomic E-state index is 0.133. The summed E-state index contributed by atoms with van der Waals surface area (Å²) in [6.07, 6.45) is 2.08. The fraction of sp³-hybridized carbons (Fsp3) is 0.583. The Balaban J connectivity index is 2.18. The Morgan fingerprint density at radius 2 is 2.29 bits per heavy atom. The molecule has 17 heavy (non-hydrogen) atoms. The van der Waals surface area contributed by atoms with E-state index in [2.05, 4.69) is 9.97 Å². The molecule has 0 bridgehead atoms. The molecule has 1 saturated heterocycles. The highest BCUT2D eigenvalue weighted by molar-refractivity contribution is 5.73. The Kier molecular flexibility index (Phi) is 3.26. The summed E-state index contributed by atoms with van der Waals surface area (Å²) in [7, 11) is 0. The van der Waals surface area contributed by atoms with Gasteiger partial charge in [0.25, 0.3) is 0 Å². The first-order valence-electron chi connectivity index (χ1n) is 5.93. The van der Waals surface area contributed by atoms with Gasteiger partial charge in [-0.05, 0) is 19.8 Å². The predicted octanol–water partition coefficient (Wildman–Crippen LogP) is 1.09. The van der Waals surface area contributed by atoms with Crippen LogP contribution in [0.3, 0.4) is 0 Å². The minimum Gasteiger partial charge on any atom is -0.384 e. The van der Waals surface area contributed by atoms with Crippen LogP contribution in [-0.4, -0.2) is 33.9 Å². The Morgan fingerprint density at radius 3 is 2.94 bits per heavy atom. The second-order valence-electron chi connectivity index (χ2n) is 4.57. The van der Waals surface area contributed by atoms with Crippen LogP contribution in [0.25, 0.3) is 0 Å². The Morgan fingerprint density at radius 1 is 1.53 bits per heavy atom. The summed E-state index contributed by atoms with van der Waals surface area (Å²) in [5, 5.41) is 0. The van der Waals surface area contributed by atoms with Gasteiger partial charge in [-0.1, -0.05) is 0 Å². The fourth-order valence-electron chi connectivity index (χ4n) is 2.33. The van der Waals surface area contributed by atoms with E-state index >= 15 is 0 Å². The van der Waals surface area contributed by atoms with Crippen molar-refractivity contribution >= 4 is 11.7 Å². The molecule has 5 nitrogen and oxygen atoms in total. The lowest BCUT2D eigenvalue weighted by molar-refractivity contribution is -0.130. The maximum atomic E-state index is 11.4. The minimum atomic E-state index is 0.133. The second-order valence-corrected chi connectivity index (χ2v) is 4.57. The molecular weight excluding hydrogens is 216 g/mol. The maximum absolute atomic E-state index is 11.4. The van der Waals surface area contributed by atoms with Crippen LogP contribution in [0, 0.1) is 6.92 Å². The molecule has 0 radical (unpaired) electrons. The third-order valence-corrected chi connectivity index (χ3v) is 3.16. The molecule has 0 spiro atoms. The quantitative estimate of drug-likeness (QED) is 0.789. The zero-order valence-corrected chi connectivity index (χ0v) is 10.3. The molecule has 1 aliphatic heterocycles. The van der Waals surface area contributed by atoms with Crippen molar-refractivity contribution in [1.82, 2.24) is 14.9 Å².